The van der Waals surface area contributed by atoms with E-state index in [1.807, 2.05) is 0 Å². The predicted octanol–water partition coefficient (Wildman–Crippen LogP) is 3.40. The molecule has 1 aromatic rings. The largest absolute Gasteiger partial charge is 0.488 e. The molecule has 0 fully saturated rings. The number of hydrogen-bond donors (Lipinski definition) is 1. The van der Waals surface area contributed by atoms with Crippen molar-refractivity contribution in [3.63, 3.8) is 0 Å². The molecule has 0 radical (unpaired) electrons. The summed E-state index contributed by atoms with van der Waals surface area (Å²) in [5, 5.41) is 9.45. The molecule has 0 amide bonds. The van der Waals surface area contributed by atoms with E-state index in [2.05, 4.69) is 0 Å². The minimum absolute atomic E-state index is 0.159. The van der Waals surface area contributed by atoms with Crippen molar-refractivity contribution in [3.8, 4) is 5.75 Å². The molecule has 0 aliphatic heterocycles. The number of rotatable bonds is 4. The van der Waals surface area contributed by atoms with Gasteiger partial charge in [-0.2, -0.15) is 0 Å². The highest BCUT2D eigenvalue weighted by Gasteiger charge is 2.03. The molecule has 0 aromatic heterocycles. The second-order valence-electron chi connectivity index (χ2n) is 3.19. The average Bonchev–Trinajstić information content (AvgIpc) is 2.18. The van der Waals surface area contributed by atoms with Crippen LogP contribution in [0.25, 0.3) is 0 Å². The lowest BCUT2D eigenvalue weighted by atomic mass is 10.3. The normalized spacial score (nSPS) is 11.3. The number of carbonyl (C=O) groups is 1. The quantitative estimate of drug-likeness (QED) is 0.845. The maximum atomic E-state index is 10.4. The predicted molar refractivity (Wildman–Crippen MR) is 63.3 cm³/mol. The first kappa shape index (κ1) is 12.9. The summed E-state index contributed by atoms with van der Waals surface area (Å²) in [6, 6.07) is 4.85. The molecule has 0 spiro atoms. The first-order valence-electron chi connectivity index (χ1n) is 4.47. The fourth-order valence-corrected chi connectivity index (χ4v) is 1.37. The van der Waals surface area contributed by atoms with Crippen LogP contribution in [-0.2, 0) is 4.79 Å². The number of hydrogen-bond acceptors (Lipinski definition) is 2. The number of halogens is 2. The first-order chi connectivity index (χ1) is 7.49. The molecule has 3 nitrogen and oxygen atoms in total. The number of aliphatic carboxylic acids is 1. The van der Waals surface area contributed by atoms with Crippen LogP contribution in [0.4, 0.5) is 0 Å². The fraction of sp³-hybridized carbons (Fsp3) is 0.182. The van der Waals surface area contributed by atoms with Gasteiger partial charge in [-0.05, 0) is 24.6 Å². The lowest BCUT2D eigenvalue weighted by Gasteiger charge is -2.08. The monoisotopic (exact) mass is 260 g/mol. The van der Waals surface area contributed by atoms with Crippen LogP contribution >= 0.6 is 23.2 Å². The van der Waals surface area contributed by atoms with Gasteiger partial charge in [0.1, 0.15) is 12.4 Å². The molecule has 0 bridgehead atoms. The van der Waals surface area contributed by atoms with Crippen LogP contribution in [0.3, 0.4) is 0 Å². The van der Waals surface area contributed by atoms with E-state index in [1.165, 1.54) is 0 Å². The summed E-state index contributed by atoms with van der Waals surface area (Å²) in [5.74, 6) is -0.564. The van der Waals surface area contributed by atoms with E-state index in [-0.39, 0.29) is 6.61 Å². The SMILES string of the molecule is CC(=CC(=O)O)COc1cc(Cl)ccc1Cl. The van der Waals surface area contributed by atoms with Crippen LogP contribution in [0.15, 0.2) is 29.8 Å². The second kappa shape index (κ2) is 5.77. The lowest BCUT2D eigenvalue weighted by molar-refractivity contribution is -0.131. The van der Waals surface area contributed by atoms with Crippen LogP contribution in [0.1, 0.15) is 6.92 Å². The minimum atomic E-state index is -1.00. The summed E-state index contributed by atoms with van der Waals surface area (Å²) in [7, 11) is 0. The van der Waals surface area contributed by atoms with Gasteiger partial charge in [-0.15, -0.1) is 0 Å². The van der Waals surface area contributed by atoms with E-state index >= 15 is 0 Å². The van der Waals surface area contributed by atoms with Crippen molar-refractivity contribution in [1.82, 2.24) is 0 Å². The Morgan fingerprint density at radius 3 is 2.81 bits per heavy atom. The smallest absolute Gasteiger partial charge is 0.328 e. The molecule has 5 heteroatoms. The van der Waals surface area contributed by atoms with Gasteiger partial charge >= 0.3 is 5.97 Å². The topological polar surface area (TPSA) is 46.5 Å². The molecular weight excluding hydrogens is 251 g/mol. The fourth-order valence-electron chi connectivity index (χ4n) is 1.03. The first-order valence-corrected chi connectivity index (χ1v) is 5.22. The highest BCUT2D eigenvalue weighted by atomic mass is 35.5. The molecule has 1 aromatic carbocycles. The number of carboxylic acids is 1. The maximum Gasteiger partial charge on any atom is 0.328 e. The van der Waals surface area contributed by atoms with E-state index in [1.54, 1.807) is 25.1 Å². The van der Waals surface area contributed by atoms with Crippen LogP contribution in [-0.4, -0.2) is 17.7 Å². The molecule has 0 aliphatic rings. The van der Waals surface area contributed by atoms with Gasteiger partial charge in [-0.1, -0.05) is 23.2 Å². The Kier molecular flexibility index (Phi) is 4.65. The third kappa shape index (κ3) is 4.13. The van der Waals surface area contributed by atoms with Crippen molar-refractivity contribution in [2.24, 2.45) is 0 Å². The van der Waals surface area contributed by atoms with Gasteiger partial charge in [0.15, 0.2) is 0 Å². The third-order valence-electron chi connectivity index (χ3n) is 1.72. The Morgan fingerprint density at radius 1 is 1.50 bits per heavy atom. The molecular formula is C11H10Cl2O3. The van der Waals surface area contributed by atoms with Crippen molar-refractivity contribution in [2.45, 2.75) is 6.92 Å². The summed E-state index contributed by atoms with van der Waals surface area (Å²) < 4.78 is 5.33. The average molecular weight is 261 g/mol. The highest BCUT2D eigenvalue weighted by Crippen LogP contribution is 2.27. The molecule has 0 saturated carbocycles. The van der Waals surface area contributed by atoms with Crippen molar-refractivity contribution in [2.75, 3.05) is 6.61 Å². The van der Waals surface area contributed by atoms with E-state index in [0.29, 0.717) is 21.4 Å². The highest BCUT2D eigenvalue weighted by molar-refractivity contribution is 6.34. The van der Waals surface area contributed by atoms with Crippen LogP contribution in [0.5, 0.6) is 5.75 Å². The Morgan fingerprint density at radius 2 is 2.19 bits per heavy atom. The summed E-state index contributed by atoms with van der Waals surface area (Å²) in [4.78, 5) is 10.4. The summed E-state index contributed by atoms with van der Waals surface area (Å²) in [5.41, 5.74) is 0.587. The van der Waals surface area contributed by atoms with Gasteiger partial charge in [0, 0.05) is 17.2 Å². The number of benzene rings is 1. The van der Waals surface area contributed by atoms with Gasteiger partial charge in [-0.3, -0.25) is 0 Å². The van der Waals surface area contributed by atoms with Gasteiger partial charge in [-0.25, -0.2) is 4.79 Å². The van der Waals surface area contributed by atoms with Crippen LogP contribution in [0, 0.1) is 0 Å². The zero-order valence-electron chi connectivity index (χ0n) is 8.54. The standard InChI is InChI=1S/C11H10Cl2O3/c1-7(4-11(14)15)6-16-10-5-8(12)2-3-9(10)13/h2-5H,6H2,1H3,(H,14,15). The zero-order chi connectivity index (χ0) is 12.1. The molecule has 0 aliphatic carbocycles. The minimum Gasteiger partial charge on any atom is -0.488 e. The van der Waals surface area contributed by atoms with Gasteiger partial charge in [0.25, 0.3) is 0 Å². The molecule has 16 heavy (non-hydrogen) atoms. The molecule has 0 atom stereocenters. The van der Waals surface area contributed by atoms with E-state index in [9.17, 15) is 4.79 Å². The molecule has 0 heterocycles. The summed E-state index contributed by atoms with van der Waals surface area (Å²) in [6.07, 6.45) is 1.08. The zero-order valence-corrected chi connectivity index (χ0v) is 10.0. The Labute approximate surface area is 103 Å². The Bertz CT molecular complexity index is 427. The van der Waals surface area contributed by atoms with Crippen LogP contribution < -0.4 is 4.74 Å². The van der Waals surface area contributed by atoms with Gasteiger partial charge < -0.3 is 9.84 Å². The number of carboxylic acid groups (broad SMARTS) is 1. The van der Waals surface area contributed by atoms with E-state index in [4.69, 9.17) is 33.0 Å². The van der Waals surface area contributed by atoms with Crippen molar-refractivity contribution >= 4 is 29.2 Å². The van der Waals surface area contributed by atoms with Crippen molar-refractivity contribution in [1.29, 1.82) is 0 Å². The van der Waals surface area contributed by atoms with Crippen molar-refractivity contribution in [3.05, 3.63) is 39.9 Å². The van der Waals surface area contributed by atoms with E-state index in [0.717, 1.165) is 6.08 Å². The molecule has 0 unspecified atom stereocenters. The van der Waals surface area contributed by atoms with Crippen molar-refractivity contribution < 1.29 is 14.6 Å². The Balaban J connectivity index is 2.68. The molecule has 0 saturated heterocycles. The molecule has 86 valence electrons. The molecule has 1 rings (SSSR count). The van der Waals surface area contributed by atoms with Crippen LogP contribution in [0.2, 0.25) is 10.0 Å². The van der Waals surface area contributed by atoms with E-state index < -0.39 is 5.97 Å². The summed E-state index contributed by atoms with van der Waals surface area (Å²) in [6.45, 7) is 1.82. The second-order valence-corrected chi connectivity index (χ2v) is 4.04. The summed E-state index contributed by atoms with van der Waals surface area (Å²) >= 11 is 11.6. The Hall–Kier alpha value is -1.19. The lowest BCUT2D eigenvalue weighted by Crippen LogP contribution is -2.01. The third-order valence-corrected chi connectivity index (χ3v) is 2.27. The molecule has 1 N–H and O–H groups in total. The van der Waals surface area contributed by atoms with Gasteiger partial charge in [0.2, 0.25) is 0 Å². The van der Waals surface area contributed by atoms with Gasteiger partial charge in [0.05, 0.1) is 5.02 Å². The maximum absolute atomic E-state index is 10.4. The number of ether oxygens (including phenoxy) is 1.